The van der Waals surface area contributed by atoms with Crippen molar-refractivity contribution in [2.45, 2.75) is 4.90 Å². The molecule has 1 fully saturated rings. The van der Waals surface area contributed by atoms with E-state index in [2.05, 4.69) is 9.97 Å². The lowest BCUT2D eigenvalue weighted by Crippen LogP contribution is -2.50. The van der Waals surface area contributed by atoms with E-state index in [1.807, 2.05) is 18.2 Å². The molecule has 1 aliphatic heterocycles. The van der Waals surface area contributed by atoms with Gasteiger partial charge in [0.2, 0.25) is 10.0 Å². The summed E-state index contributed by atoms with van der Waals surface area (Å²) in [5.74, 6) is 0.530. The predicted octanol–water partition coefficient (Wildman–Crippen LogP) is 1.79. The maximum Gasteiger partial charge on any atom is 0.274 e. The number of carbonyl (C=O) groups is 1. The summed E-state index contributed by atoms with van der Waals surface area (Å²) in [4.78, 5) is 23.2. The van der Waals surface area contributed by atoms with E-state index in [4.69, 9.17) is 9.47 Å². The molecule has 0 bridgehead atoms. The van der Waals surface area contributed by atoms with Gasteiger partial charge in [-0.15, -0.1) is 0 Å². The van der Waals surface area contributed by atoms with E-state index in [-0.39, 0.29) is 42.7 Å². The summed E-state index contributed by atoms with van der Waals surface area (Å²) >= 11 is 0. The average Bonchev–Trinajstić information content (AvgIpc) is 2.82. The second-order valence-corrected chi connectivity index (χ2v) is 8.89. The highest BCUT2D eigenvalue weighted by molar-refractivity contribution is 7.89. The quantitative estimate of drug-likeness (QED) is 0.594. The molecule has 0 spiro atoms. The zero-order valence-electron chi connectivity index (χ0n) is 17.2. The van der Waals surface area contributed by atoms with Gasteiger partial charge in [0, 0.05) is 32.2 Å². The van der Waals surface area contributed by atoms with Gasteiger partial charge in [0.05, 0.1) is 36.3 Å². The Balaban J connectivity index is 1.48. The minimum Gasteiger partial charge on any atom is -0.493 e. The molecule has 0 unspecified atom stereocenters. The lowest BCUT2D eigenvalue weighted by molar-refractivity contribution is 0.0692. The van der Waals surface area contributed by atoms with E-state index in [0.717, 1.165) is 0 Å². The highest BCUT2D eigenvalue weighted by Crippen LogP contribution is 2.31. The number of fused-ring (bicyclic) bond motifs is 1. The maximum atomic E-state index is 13.1. The highest BCUT2D eigenvalue weighted by Gasteiger charge is 2.31. The van der Waals surface area contributed by atoms with E-state index in [0.29, 0.717) is 22.5 Å². The van der Waals surface area contributed by atoms with Crippen molar-refractivity contribution in [2.24, 2.45) is 0 Å². The van der Waals surface area contributed by atoms with Crippen molar-refractivity contribution >= 4 is 27.0 Å². The number of amides is 1. The van der Waals surface area contributed by atoms with E-state index in [9.17, 15) is 13.2 Å². The molecule has 1 saturated heterocycles. The molecule has 1 aromatic heterocycles. The van der Waals surface area contributed by atoms with Crippen molar-refractivity contribution in [2.75, 3.05) is 40.4 Å². The number of methoxy groups -OCH3 is 2. The van der Waals surface area contributed by atoms with Crippen LogP contribution >= 0.6 is 0 Å². The zero-order valence-corrected chi connectivity index (χ0v) is 18.0. The Morgan fingerprint density at radius 3 is 2.29 bits per heavy atom. The first-order valence-corrected chi connectivity index (χ1v) is 11.1. The number of piperazine rings is 1. The third-order valence-electron chi connectivity index (χ3n) is 5.19. The Labute approximate surface area is 180 Å². The van der Waals surface area contributed by atoms with E-state index in [1.54, 1.807) is 17.0 Å². The molecule has 0 radical (unpaired) electrons. The molecule has 10 heteroatoms. The van der Waals surface area contributed by atoms with Gasteiger partial charge in [0.15, 0.2) is 11.5 Å². The summed E-state index contributed by atoms with van der Waals surface area (Å²) in [7, 11) is -0.789. The van der Waals surface area contributed by atoms with Crippen LogP contribution in [0, 0.1) is 0 Å². The van der Waals surface area contributed by atoms with Gasteiger partial charge < -0.3 is 14.4 Å². The molecule has 2 heterocycles. The number of ether oxygens (including phenoxy) is 2. The highest BCUT2D eigenvalue weighted by atomic mass is 32.2. The third kappa shape index (κ3) is 4.04. The Morgan fingerprint density at radius 2 is 1.61 bits per heavy atom. The van der Waals surface area contributed by atoms with Crippen molar-refractivity contribution in [1.29, 1.82) is 0 Å². The fourth-order valence-electron chi connectivity index (χ4n) is 3.48. The molecule has 9 nitrogen and oxygen atoms in total. The van der Waals surface area contributed by atoms with Crippen LogP contribution in [-0.4, -0.2) is 73.9 Å². The summed E-state index contributed by atoms with van der Waals surface area (Å²) < 4.78 is 37.9. The third-order valence-corrected chi connectivity index (χ3v) is 7.08. The van der Waals surface area contributed by atoms with E-state index >= 15 is 0 Å². The van der Waals surface area contributed by atoms with Gasteiger partial charge in [-0.1, -0.05) is 12.1 Å². The maximum absolute atomic E-state index is 13.1. The van der Waals surface area contributed by atoms with E-state index in [1.165, 1.54) is 36.9 Å². The summed E-state index contributed by atoms with van der Waals surface area (Å²) in [6.45, 7) is 0.895. The fourth-order valence-corrected chi connectivity index (χ4v) is 4.92. The smallest absolute Gasteiger partial charge is 0.274 e. The molecule has 0 atom stereocenters. The zero-order chi connectivity index (χ0) is 22.0. The number of rotatable bonds is 5. The number of hydrogen-bond donors (Lipinski definition) is 0. The van der Waals surface area contributed by atoms with Crippen LogP contribution in [-0.2, 0) is 10.0 Å². The van der Waals surface area contributed by atoms with Gasteiger partial charge in [-0.05, 0) is 24.3 Å². The molecular weight excluding hydrogens is 420 g/mol. The minimum atomic E-state index is -3.73. The largest absolute Gasteiger partial charge is 0.493 e. The first kappa shape index (κ1) is 21.0. The molecule has 1 amide bonds. The standard InChI is InChI=1S/C21H22N4O5S/c1-29-19-8-7-15(13-20(19)30-2)31(27,28)25-11-9-24(10-12-25)21(26)18-14-22-16-5-3-4-6-17(16)23-18/h3-8,13-14H,9-12H2,1-2H3. The Hall–Kier alpha value is -3.24. The van der Waals surface area contributed by atoms with Gasteiger partial charge >= 0.3 is 0 Å². The van der Waals surface area contributed by atoms with Gasteiger partial charge in [0.25, 0.3) is 5.91 Å². The van der Waals surface area contributed by atoms with Crippen LogP contribution in [0.4, 0.5) is 0 Å². The number of benzene rings is 2. The molecular formula is C21H22N4O5S. The first-order chi connectivity index (χ1) is 14.9. The second kappa shape index (κ2) is 8.48. The Kier molecular flexibility index (Phi) is 5.75. The monoisotopic (exact) mass is 442 g/mol. The molecule has 1 aliphatic rings. The molecule has 0 saturated carbocycles. The van der Waals surface area contributed by atoms with Crippen LogP contribution in [0.25, 0.3) is 11.0 Å². The number of aromatic nitrogens is 2. The van der Waals surface area contributed by atoms with Gasteiger partial charge in [-0.2, -0.15) is 4.31 Å². The van der Waals surface area contributed by atoms with Crippen LogP contribution in [0.15, 0.2) is 53.6 Å². The molecule has 3 aromatic rings. The van der Waals surface area contributed by atoms with Gasteiger partial charge in [-0.25, -0.2) is 13.4 Å². The normalized spacial score (nSPS) is 15.1. The lowest BCUT2D eigenvalue weighted by atomic mass is 10.2. The number of nitrogens with zero attached hydrogens (tertiary/aromatic N) is 4. The molecule has 4 rings (SSSR count). The minimum absolute atomic E-state index is 0.116. The first-order valence-electron chi connectivity index (χ1n) is 9.67. The molecule has 31 heavy (non-hydrogen) atoms. The fraction of sp³-hybridized carbons (Fsp3) is 0.286. The lowest BCUT2D eigenvalue weighted by Gasteiger charge is -2.33. The van der Waals surface area contributed by atoms with Crippen molar-refractivity contribution in [3.63, 3.8) is 0 Å². The van der Waals surface area contributed by atoms with Crippen LogP contribution in [0.3, 0.4) is 0 Å². The van der Waals surface area contributed by atoms with Crippen molar-refractivity contribution in [3.05, 3.63) is 54.4 Å². The Bertz CT molecular complexity index is 1220. The summed E-state index contributed by atoms with van der Waals surface area (Å²) in [6, 6.07) is 11.8. The SMILES string of the molecule is COc1ccc(S(=O)(=O)N2CCN(C(=O)c3cnc4ccccc4n3)CC2)cc1OC. The summed E-state index contributed by atoms with van der Waals surface area (Å²) in [6.07, 6.45) is 1.46. The average molecular weight is 442 g/mol. The summed E-state index contributed by atoms with van der Waals surface area (Å²) in [5, 5.41) is 0. The van der Waals surface area contributed by atoms with Gasteiger partial charge in [-0.3, -0.25) is 9.78 Å². The number of carbonyl (C=O) groups excluding carboxylic acids is 1. The van der Waals surface area contributed by atoms with Crippen LogP contribution in [0.1, 0.15) is 10.5 Å². The molecule has 2 aromatic carbocycles. The van der Waals surface area contributed by atoms with Crippen LogP contribution in [0.5, 0.6) is 11.5 Å². The summed E-state index contributed by atoms with van der Waals surface area (Å²) in [5.41, 5.74) is 1.60. The topological polar surface area (TPSA) is 102 Å². The van der Waals surface area contributed by atoms with Gasteiger partial charge in [0.1, 0.15) is 5.69 Å². The number of hydrogen-bond acceptors (Lipinski definition) is 7. The number of para-hydroxylation sites is 2. The van der Waals surface area contributed by atoms with Crippen molar-refractivity contribution < 1.29 is 22.7 Å². The molecule has 0 aliphatic carbocycles. The van der Waals surface area contributed by atoms with Crippen LogP contribution in [0.2, 0.25) is 0 Å². The molecule has 162 valence electrons. The van der Waals surface area contributed by atoms with Crippen molar-refractivity contribution in [3.8, 4) is 11.5 Å². The molecule has 0 N–H and O–H groups in total. The number of sulfonamides is 1. The van der Waals surface area contributed by atoms with E-state index < -0.39 is 10.0 Å². The van der Waals surface area contributed by atoms with Crippen LogP contribution < -0.4 is 9.47 Å². The predicted molar refractivity (Wildman–Crippen MR) is 114 cm³/mol. The van der Waals surface area contributed by atoms with Crippen molar-refractivity contribution in [1.82, 2.24) is 19.2 Å². The Morgan fingerprint density at radius 1 is 0.935 bits per heavy atom. The second-order valence-electron chi connectivity index (χ2n) is 6.96.